The van der Waals surface area contributed by atoms with Crippen LogP contribution in [0.3, 0.4) is 0 Å². The standard InChI is InChI=1S/C21H22N6O5/c1-24-13-22-18-17(24)19(29)26(21(31)25(18)2)11-6-12-32-20(30)15-9-10-16(28)27(23-15)14-7-4-3-5-8-14/h3-5,7-8,13H,6,9-12H2,1-2H3. The van der Waals surface area contributed by atoms with Crippen molar-refractivity contribution in [2.45, 2.75) is 25.8 Å². The summed E-state index contributed by atoms with van der Waals surface area (Å²) in [6.45, 7) is 0.0805. The summed E-state index contributed by atoms with van der Waals surface area (Å²) in [6, 6.07) is 8.83. The minimum Gasteiger partial charge on any atom is -0.461 e. The molecule has 1 aromatic carbocycles. The van der Waals surface area contributed by atoms with E-state index >= 15 is 0 Å². The number of fused-ring (bicyclic) bond motifs is 1. The van der Waals surface area contributed by atoms with E-state index in [1.54, 1.807) is 42.9 Å². The zero-order valence-corrected chi connectivity index (χ0v) is 17.7. The van der Waals surface area contributed by atoms with Crippen molar-refractivity contribution in [1.82, 2.24) is 18.7 Å². The molecule has 0 unspecified atom stereocenters. The molecule has 0 radical (unpaired) electrons. The molecule has 11 nitrogen and oxygen atoms in total. The lowest BCUT2D eigenvalue weighted by Gasteiger charge is -2.22. The zero-order valence-electron chi connectivity index (χ0n) is 17.7. The number of ether oxygens (including phenoxy) is 1. The van der Waals surface area contributed by atoms with E-state index in [-0.39, 0.29) is 44.0 Å². The Labute approximate surface area is 182 Å². The van der Waals surface area contributed by atoms with Gasteiger partial charge in [0.1, 0.15) is 5.71 Å². The molecule has 2 aromatic heterocycles. The van der Waals surface area contributed by atoms with Crippen LogP contribution in [0.25, 0.3) is 11.2 Å². The smallest absolute Gasteiger partial charge is 0.354 e. The Morgan fingerprint density at radius 2 is 1.84 bits per heavy atom. The Morgan fingerprint density at radius 3 is 2.59 bits per heavy atom. The maximum absolute atomic E-state index is 12.7. The van der Waals surface area contributed by atoms with Gasteiger partial charge >= 0.3 is 11.7 Å². The molecule has 0 fully saturated rings. The summed E-state index contributed by atoms with van der Waals surface area (Å²) >= 11 is 0. The van der Waals surface area contributed by atoms with Crippen LogP contribution < -0.4 is 16.3 Å². The Morgan fingerprint density at radius 1 is 1.09 bits per heavy atom. The fourth-order valence-electron chi connectivity index (χ4n) is 3.54. The van der Waals surface area contributed by atoms with Gasteiger partial charge in [0.05, 0.1) is 18.6 Å². The number of hydrazone groups is 1. The fraction of sp³-hybridized carbons (Fsp3) is 0.333. The number of amides is 1. The average Bonchev–Trinajstić information content (AvgIpc) is 3.19. The van der Waals surface area contributed by atoms with E-state index < -0.39 is 17.2 Å². The first-order chi connectivity index (χ1) is 15.4. The van der Waals surface area contributed by atoms with Crippen LogP contribution >= 0.6 is 0 Å². The second-order valence-electron chi connectivity index (χ2n) is 7.40. The molecule has 1 amide bonds. The number of benzene rings is 1. The molecule has 0 atom stereocenters. The Balaban J connectivity index is 1.42. The summed E-state index contributed by atoms with van der Waals surface area (Å²) in [5, 5.41) is 5.36. The number of esters is 1. The highest BCUT2D eigenvalue weighted by Gasteiger charge is 2.26. The molecular formula is C21H22N6O5. The van der Waals surface area contributed by atoms with Crippen LogP contribution in [0.5, 0.6) is 0 Å². The molecule has 3 aromatic rings. The number of carbonyl (C=O) groups is 2. The molecule has 0 bridgehead atoms. The third-order valence-corrected chi connectivity index (χ3v) is 5.23. The predicted octanol–water partition coefficient (Wildman–Crippen LogP) is 0.550. The van der Waals surface area contributed by atoms with Crippen molar-refractivity contribution in [3.8, 4) is 0 Å². The number of rotatable bonds is 6. The molecule has 0 saturated heterocycles. The van der Waals surface area contributed by atoms with Crippen LogP contribution in [0.1, 0.15) is 19.3 Å². The van der Waals surface area contributed by atoms with Crippen LogP contribution in [0.4, 0.5) is 5.69 Å². The predicted molar refractivity (Wildman–Crippen MR) is 116 cm³/mol. The fourth-order valence-corrected chi connectivity index (χ4v) is 3.54. The second-order valence-corrected chi connectivity index (χ2v) is 7.40. The van der Waals surface area contributed by atoms with Gasteiger partial charge in [0.15, 0.2) is 11.2 Å². The minimum atomic E-state index is -0.624. The highest BCUT2D eigenvalue weighted by Crippen LogP contribution is 2.20. The normalized spacial score (nSPS) is 14.0. The Bertz CT molecular complexity index is 1330. The van der Waals surface area contributed by atoms with E-state index in [1.807, 2.05) is 6.07 Å². The van der Waals surface area contributed by atoms with Gasteiger partial charge in [-0.25, -0.2) is 19.6 Å². The van der Waals surface area contributed by atoms with Crippen LogP contribution in [0.15, 0.2) is 51.3 Å². The van der Waals surface area contributed by atoms with E-state index in [1.165, 1.54) is 15.9 Å². The number of carbonyl (C=O) groups excluding carboxylic acids is 2. The number of hydrogen-bond donors (Lipinski definition) is 0. The molecular weight excluding hydrogens is 416 g/mol. The molecule has 1 aliphatic rings. The Kier molecular flexibility index (Phi) is 5.71. The minimum absolute atomic E-state index is 0.00381. The molecule has 32 heavy (non-hydrogen) atoms. The Hall–Kier alpha value is -4.02. The summed E-state index contributed by atoms with van der Waals surface area (Å²) < 4.78 is 9.26. The quantitative estimate of drug-likeness (QED) is 0.409. The molecule has 11 heteroatoms. The number of anilines is 1. The number of nitrogens with zero attached hydrogens (tertiary/aromatic N) is 6. The van der Waals surface area contributed by atoms with Crippen molar-refractivity contribution in [3.63, 3.8) is 0 Å². The van der Waals surface area contributed by atoms with Crippen molar-refractivity contribution < 1.29 is 14.3 Å². The lowest BCUT2D eigenvalue weighted by Crippen LogP contribution is -2.40. The summed E-state index contributed by atoms with van der Waals surface area (Å²) in [4.78, 5) is 53.9. The molecule has 0 aliphatic carbocycles. The summed E-state index contributed by atoms with van der Waals surface area (Å²) in [5.41, 5.74) is 0.440. The number of imidazole rings is 1. The summed E-state index contributed by atoms with van der Waals surface area (Å²) in [7, 11) is 3.23. The van der Waals surface area contributed by atoms with Gasteiger partial charge in [0, 0.05) is 33.5 Å². The van der Waals surface area contributed by atoms with Gasteiger partial charge in [0.2, 0.25) is 5.91 Å². The molecule has 0 N–H and O–H groups in total. The lowest BCUT2D eigenvalue weighted by atomic mass is 10.1. The second kappa shape index (κ2) is 8.61. The van der Waals surface area contributed by atoms with Crippen molar-refractivity contribution in [3.05, 3.63) is 57.5 Å². The highest BCUT2D eigenvalue weighted by molar-refractivity contribution is 6.38. The first-order valence-corrected chi connectivity index (χ1v) is 10.1. The van der Waals surface area contributed by atoms with E-state index in [4.69, 9.17) is 4.74 Å². The van der Waals surface area contributed by atoms with Gasteiger partial charge in [0.25, 0.3) is 5.56 Å². The number of aryl methyl sites for hydroxylation is 2. The summed E-state index contributed by atoms with van der Waals surface area (Å²) in [6.07, 6.45) is 2.09. The van der Waals surface area contributed by atoms with Crippen LogP contribution in [0, 0.1) is 0 Å². The van der Waals surface area contributed by atoms with Crippen LogP contribution in [-0.2, 0) is 35.0 Å². The molecule has 0 spiro atoms. The average molecular weight is 438 g/mol. The first kappa shape index (κ1) is 21.2. The van der Waals surface area contributed by atoms with Gasteiger partial charge in [-0.2, -0.15) is 5.10 Å². The van der Waals surface area contributed by atoms with Crippen LogP contribution in [-0.4, -0.2) is 42.9 Å². The third kappa shape index (κ3) is 3.84. The third-order valence-electron chi connectivity index (χ3n) is 5.23. The van der Waals surface area contributed by atoms with Crippen LogP contribution in [0.2, 0.25) is 0 Å². The number of hydrogen-bond acceptors (Lipinski definition) is 7. The van der Waals surface area contributed by atoms with Gasteiger partial charge < -0.3 is 9.30 Å². The maximum atomic E-state index is 12.7. The zero-order chi connectivity index (χ0) is 22.8. The molecule has 1 aliphatic heterocycles. The van der Waals surface area contributed by atoms with E-state index in [2.05, 4.69) is 10.1 Å². The first-order valence-electron chi connectivity index (χ1n) is 10.1. The molecule has 3 heterocycles. The van der Waals surface area contributed by atoms with Gasteiger partial charge in [-0.15, -0.1) is 0 Å². The van der Waals surface area contributed by atoms with E-state index in [0.717, 1.165) is 4.57 Å². The summed E-state index contributed by atoms with van der Waals surface area (Å²) in [5.74, 6) is -0.825. The number of para-hydroxylation sites is 1. The highest BCUT2D eigenvalue weighted by atomic mass is 16.5. The van der Waals surface area contributed by atoms with E-state index in [9.17, 15) is 19.2 Å². The van der Waals surface area contributed by atoms with Gasteiger partial charge in [-0.3, -0.25) is 18.7 Å². The lowest BCUT2D eigenvalue weighted by molar-refractivity contribution is -0.135. The van der Waals surface area contributed by atoms with Crippen molar-refractivity contribution in [1.29, 1.82) is 0 Å². The SMILES string of the molecule is Cn1cnc2c1c(=O)n(CCCOC(=O)C1=NN(c3ccccc3)C(=O)CC1)c(=O)n2C. The van der Waals surface area contributed by atoms with E-state index in [0.29, 0.717) is 16.9 Å². The molecule has 166 valence electrons. The topological polar surface area (TPSA) is 121 Å². The van der Waals surface area contributed by atoms with Crippen molar-refractivity contribution in [2.24, 2.45) is 19.2 Å². The van der Waals surface area contributed by atoms with Crippen molar-refractivity contribution in [2.75, 3.05) is 11.6 Å². The van der Waals surface area contributed by atoms with Gasteiger partial charge in [-0.1, -0.05) is 18.2 Å². The number of aromatic nitrogens is 4. The van der Waals surface area contributed by atoms with Gasteiger partial charge in [-0.05, 0) is 18.6 Å². The maximum Gasteiger partial charge on any atom is 0.354 e. The monoisotopic (exact) mass is 438 g/mol. The molecule has 4 rings (SSSR count). The van der Waals surface area contributed by atoms with Crippen molar-refractivity contribution >= 4 is 34.4 Å². The molecule has 0 saturated carbocycles. The largest absolute Gasteiger partial charge is 0.461 e.